The number of hydrogen-bond acceptors (Lipinski definition) is 9. The molecule has 0 bridgehead atoms. The van der Waals surface area contributed by atoms with Crippen LogP contribution in [-0.4, -0.2) is 65.7 Å². The summed E-state index contributed by atoms with van der Waals surface area (Å²) in [5, 5.41) is 18.2. The van der Waals surface area contributed by atoms with Gasteiger partial charge in [0.25, 0.3) is 0 Å². The second kappa shape index (κ2) is 33.2. The number of carbonyl (C=O) groups excluding carboxylic acids is 2. The van der Waals surface area contributed by atoms with Gasteiger partial charge in [0.15, 0.2) is 6.10 Å². The second-order valence-corrected chi connectivity index (χ2v) is 14.1. The number of aliphatic hydroxyl groups is 2. The Morgan fingerprint density at radius 2 is 1.04 bits per heavy atom. The Morgan fingerprint density at radius 1 is 0.617 bits per heavy atom. The van der Waals surface area contributed by atoms with Crippen molar-refractivity contribution in [1.29, 1.82) is 0 Å². The Hall–Kier alpha value is -1.29. The van der Waals surface area contributed by atoms with E-state index >= 15 is 0 Å². The van der Waals surface area contributed by atoms with Crippen molar-refractivity contribution in [3.63, 3.8) is 0 Å². The third kappa shape index (κ3) is 33.0. The number of carbonyl (C=O) groups is 2. The molecular weight excluding hydrogens is 623 g/mol. The smallest absolute Gasteiger partial charge is 0.462 e. The van der Waals surface area contributed by atoms with Gasteiger partial charge in [-0.2, -0.15) is 0 Å². The molecule has 10 nitrogen and oxygen atoms in total. The van der Waals surface area contributed by atoms with Gasteiger partial charge in [-0.25, -0.2) is 4.57 Å². The summed E-state index contributed by atoms with van der Waals surface area (Å²) in [4.78, 5) is 34.7. The molecule has 278 valence electrons. The number of rotatable bonds is 35. The van der Waals surface area contributed by atoms with Crippen molar-refractivity contribution >= 4 is 19.8 Å². The predicted molar refractivity (Wildman–Crippen MR) is 187 cm³/mol. The molecule has 47 heavy (non-hydrogen) atoms. The highest BCUT2D eigenvalue weighted by molar-refractivity contribution is 7.47. The predicted octanol–water partition coefficient (Wildman–Crippen LogP) is 8.89. The monoisotopic (exact) mass is 692 g/mol. The van der Waals surface area contributed by atoms with Crippen molar-refractivity contribution in [2.24, 2.45) is 0 Å². The number of unbranched alkanes of at least 4 members (excludes halogenated alkanes) is 19. The molecular formula is C36H69O10P. The molecule has 0 heterocycles. The van der Waals surface area contributed by atoms with E-state index in [1.54, 1.807) is 0 Å². The quantitative estimate of drug-likeness (QED) is 0.0254. The molecule has 11 heteroatoms. The lowest BCUT2D eigenvalue weighted by molar-refractivity contribution is -0.161. The Morgan fingerprint density at radius 3 is 1.57 bits per heavy atom. The van der Waals surface area contributed by atoms with Gasteiger partial charge in [-0.3, -0.25) is 18.6 Å². The zero-order chi connectivity index (χ0) is 34.9. The summed E-state index contributed by atoms with van der Waals surface area (Å²) in [6.07, 6.45) is 27.5. The Labute approximate surface area is 286 Å². The summed E-state index contributed by atoms with van der Waals surface area (Å²) in [7, 11) is -4.60. The number of phosphoric ester groups is 1. The summed E-state index contributed by atoms with van der Waals surface area (Å²) in [6, 6.07) is 0. The van der Waals surface area contributed by atoms with Crippen LogP contribution >= 0.6 is 7.82 Å². The van der Waals surface area contributed by atoms with Crippen molar-refractivity contribution in [3.05, 3.63) is 12.2 Å². The highest BCUT2D eigenvalue weighted by atomic mass is 31.2. The lowest BCUT2D eigenvalue weighted by atomic mass is 10.0. The molecule has 0 saturated heterocycles. The van der Waals surface area contributed by atoms with Crippen LogP contribution in [0.4, 0.5) is 0 Å². The van der Waals surface area contributed by atoms with Gasteiger partial charge in [-0.15, -0.1) is 0 Å². The van der Waals surface area contributed by atoms with Crippen LogP contribution < -0.4 is 0 Å². The third-order valence-corrected chi connectivity index (χ3v) is 8.87. The number of esters is 2. The summed E-state index contributed by atoms with van der Waals surface area (Å²) in [6.45, 7) is 2.33. The van der Waals surface area contributed by atoms with Gasteiger partial charge in [0.1, 0.15) is 12.7 Å². The van der Waals surface area contributed by atoms with Crippen LogP contribution in [0.2, 0.25) is 0 Å². The minimum atomic E-state index is -4.60. The van der Waals surface area contributed by atoms with Gasteiger partial charge in [0.05, 0.1) is 19.8 Å². The molecule has 0 aromatic rings. The van der Waals surface area contributed by atoms with Gasteiger partial charge >= 0.3 is 19.8 Å². The third-order valence-electron chi connectivity index (χ3n) is 7.92. The van der Waals surface area contributed by atoms with E-state index in [2.05, 4.69) is 30.5 Å². The van der Waals surface area contributed by atoms with Crippen molar-refractivity contribution < 1.29 is 47.8 Å². The van der Waals surface area contributed by atoms with Gasteiger partial charge in [0.2, 0.25) is 0 Å². The SMILES string of the molecule is CCCCC/C=C\CCCCCCCC(=O)OC(COC(=O)CCCCCCCCCCCCCC)COP(=O)(O)OCC(O)CO. The van der Waals surface area contributed by atoms with Crippen molar-refractivity contribution in [2.45, 2.75) is 180 Å². The molecule has 0 rings (SSSR count). The molecule has 0 spiro atoms. The first-order valence-electron chi connectivity index (χ1n) is 18.6. The maximum atomic E-state index is 12.5. The fourth-order valence-corrected chi connectivity index (χ4v) is 5.78. The molecule has 0 aromatic heterocycles. The van der Waals surface area contributed by atoms with E-state index in [9.17, 15) is 24.2 Å². The summed E-state index contributed by atoms with van der Waals surface area (Å²) < 4.78 is 32.5. The first kappa shape index (κ1) is 45.7. The summed E-state index contributed by atoms with van der Waals surface area (Å²) >= 11 is 0. The topological polar surface area (TPSA) is 149 Å². The van der Waals surface area contributed by atoms with Crippen molar-refractivity contribution in [1.82, 2.24) is 0 Å². The zero-order valence-electron chi connectivity index (χ0n) is 29.8. The van der Waals surface area contributed by atoms with Crippen molar-refractivity contribution in [3.8, 4) is 0 Å². The largest absolute Gasteiger partial charge is 0.472 e. The minimum absolute atomic E-state index is 0.177. The van der Waals surface area contributed by atoms with Crippen LogP contribution in [0.1, 0.15) is 168 Å². The van der Waals surface area contributed by atoms with E-state index in [1.807, 2.05) is 0 Å². The van der Waals surface area contributed by atoms with E-state index in [-0.39, 0.29) is 19.4 Å². The maximum Gasteiger partial charge on any atom is 0.472 e. The molecule has 0 saturated carbocycles. The molecule has 0 fully saturated rings. The fourth-order valence-electron chi connectivity index (χ4n) is 4.99. The Bertz CT molecular complexity index is 807. The Kier molecular flexibility index (Phi) is 32.3. The highest BCUT2D eigenvalue weighted by Crippen LogP contribution is 2.43. The van der Waals surface area contributed by atoms with Gasteiger partial charge in [-0.1, -0.05) is 129 Å². The van der Waals surface area contributed by atoms with E-state index in [0.29, 0.717) is 12.8 Å². The minimum Gasteiger partial charge on any atom is -0.462 e. The molecule has 0 aliphatic heterocycles. The number of aliphatic hydroxyl groups excluding tert-OH is 2. The average molecular weight is 693 g/mol. The van der Waals surface area contributed by atoms with Crippen LogP contribution in [0.5, 0.6) is 0 Å². The molecule has 0 aromatic carbocycles. The second-order valence-electron chi connectivity index (χ2n) is 12.6. The first-order chi connectivity index (χ1) is 22.7. The van der Waals surface area contributed by atoms with Crippen LogP contribution in [0.3, 0.4) is 0 Å². The number of allylic oxidation sites excluding steroid dienone is 2. The van der Waals surface area contributed by atoms with E-state index in [1.165, 1.54) is 70.6 Å². The molecule has 0 amide bonds. The standard InChI is InChI=1S/C36H69O10P/c1-3-5-7-9-11-13-15-17-19-21-23-25-27-35(39)43-31-34(32-45-47(41,42)44-30-33(38)29-37)46-36(40)28-26-24-22-20-18-16-14-12-10-8-6-4-2/h12,14,33-34,37-38H,3-11,13,15-32H2,1-2H3,(H,41,42)/b14-12-. The molecule has 0 aliphatic carbocycles. The van der Waals surface area contributed by atoms with E-state index in [0.717, 1.165) is 57.8 Å². The molecule has 0 aliphatic rings. The summed E-state index contributed by atoms with van der Waals surface area (Å²) in [5.41, 5.74) is 0. The molecule has 3 unspecified atom stereocenters. The lowest BCUT2D eigenvalue weighted by Gasteiger charge is -2.20. The number of phosphoric acid groups is 1. The average Bonchev–Trinajstić information content (AvgIpc) is 3.05. The van der Waals surface area contributed by atoms with Crippen LogP contribution in [0.25, 0.3) is 0 Å². The van der Waals surface area contributed by atoms with E-state index < -0.39 is 51.8 Å². The fraction of sp³-hybridized carbons (Fsp3) is 0.889. The van der Waals surface area contributed by atoms with Gasteiger partial charge in [-0.05, 0) is 38.5 Å². The summed E-state index contributed by atoms with van der Waals surface area (Å²) in [5.74, 6) is -0.932. The Balaban J connectivity index is 4.39. The lowest BCUT2D eigenvalue weighted by Crippen LogP contribution is -2.29. The maximum absolute atomic E-state index is 12.5. The van der Waals surface area contributed by atoms with E-state index in [4.69, 9.17) is 19.1 Å². The van der Waals surface area contributed by atoms with Crippen molar-refractivity contribution in [2.75, 3.05) is 26.4 Å². The van der Waals surface area contributed by atoms with Crippen LogP contribution in [0.15, 0.2) is 12.2 Å². The number of ether oxygens (including phenoxy) is 2. The zero-order valence-corrected chi connectivity index (χ0v) is 30.6. The first-order valence-corrected chi connectivity index (χ1v) is 20.1. The highest BCUT2D eigenvalue weighted by Gasteiger charge is 2.27. The number of hydrogen-bond donors (Lipinski definition) is 3. The van der Waals surface area contributed by atoms with Crippen LogP contribution in [0, 0.1) is 0 Å². The molecule has 0 radical (unpaired) electrons. The normalized spacial score (nSPS) is 14.2. The van der Waals surface area contributed by atoms with Crippen LogP contribution in [-0.2, 0) is 32.7 Å². The molecule has 3 N–H and O–H groups in total. The van der Waals surface area contributed by atoms with Gasteiger partial charge in [0, 0.05) is 12.8 Å². The molecule has 3 atom stereocenters. The van der Waals surface area contributed by atoms with Gasteiger partial charge < -0.3 is 24.6 Å².